The van der Waals surface area contributed by atoms with Gasteiger partial charge in [0.1, 0.15) is 0 Å². The summed E-state index contributed by atoms with van der Waals surface area (Å²) in [6, 6.07) is 77.1. The summed E-state index contributed by atoms with van der Waals surface area (Å²) in [6.45, 7) is 8.27. The van der Waals surface area contributed by atoms with Crippen molar-refractivity contribution in [3.05, 3.63) is 235 Å². The zero-order chi connectivity index (χ0) is 44.1. The zero-order valence-corrected chi connectivity index (χ0v) is 35.5. The first kappa shape index (κ1) is 38.3. The van der Waals surface area contributed by atoms with E-state index in [1.54, 1.807) is 0 Å². The van der Waals surface area contributed by atoms with Crippen LogP contribution in [0.1, 0.15) is 5.56 Å². The van der Waals surface area contributed by atoms with Crippen molar-refractivity contribution in [2.24, 2.45) is 0 Å². The van der Waals surface area contributed by atoms with Crippen molar-refractivity contribution in [2.45, 2.75) is 0 Å². The Kier molecular flexibility index (Phi) is 9.16. The number of rotatable bonds is 7. The summed E-state index contributed by atoms with van der Waals surface area (Å²) in [5.74, 6) is 0.647. The van der Waals surface area contributed by atoms with E-state index in [1.807, 2.05) is 91.0 Å². The van der Waals surface area contributed by atoms with Gasteiger partial charge in [0.2, 0.25) is 0 Å². The Morgan fingerprint density at radius 2 is 0.848 bits per heavy atom. The fourth-order valence-electron chi connectivity index (χ4n) is 9.50. The molecule has 0 saturated carbocycles. The molecule has 0 fully saturated rings. The smallest absolute Gasteiger partial charge is 0.195 e. The quantitative estimate of drug-likeness (QED) is 0.150. The van der Waals surface area contributed by atoms with Gasteiger partial charge in [-0.3, -0.25) is 0 Å². The van der Waals surface area contributed by atoms with Crippen molar-refractivity contribution < 1.29 is 0 Å². The summed E-state index contributed by atoms with van der Waals surface area (Å²) in [5, 5.41) is 15.3. The van der Waals surface area contributed by atoms with E-state index in [2.05, 4.69) is 147 Å². The molecule has 3 aromatic heterocycles. The van der Waals surface area contributed by atoms with E-state index >= 15 is 0 Å². The highest BCUT2D eigenvalue weighted by Crippen LogP contribution is 2.41. The topological polar surface area (TPSA) is 63.8 Å². The van der Waals surface area contributed by atoms with E-state index in [0.29, 0.717) is 22.6 Å². The van der Waals surface area contributed by atoms with E-state index in [9.17, 15) is 5.26 Å². The van der Waals surface area contributed by atoms with Gasteiger partial charge in [0.05, 0.1) is 51.7 Å². The largest absolute Gasteiger partial charge is 0.309 e. The van der Waals surface area contributed by atoms with E-state index in [0.717, 1.165) is 72.6 Å². The first-order valence-electron chi connectivity index (χ1n) is 21.8. The molecule has 0 amide bonds. The molecule has 0 radical (unpaired) electrons. The Hall–Kier alpha value is -9.36. The maximum Gasteiger partial charge on any atom is 0.195 e. The van der Waals surface area contributed by atoms with E-state index in [1.165, 1.54) is 27.2 Å². The van der Waals surface area contributed by atoms with Gasteiger partial charge in [0, 0.05) is 49.6 Å². The summed E-state index contributed by atoms with van der Waals surface area (Å²) < 4.78 is 4.67. The summed E-state index contributed by atoms with van der Waals surface area (Å²) >= 11 is 0. The van der Waals surface area contributed by atoms with Gasteiger partial charge in [0.15, 0.2) is 11.5 Å². The van der Waals surface area contributed by atoms with Crippen molar-refractivity contribution in [3.63, 3.8) is 0 Å². The maximum atomic E-state index is 10.5. The third kappa shape index (κ3) is 6.41. The van der Waals surface area contributed by atoms with Crippen LogP contribution in [0.3, 0.4) is 0 Å². The van der Waals surface area contributed by atoms with Gasteiger partial charge in [-0.05, 0) is 89.0 Å². The minimum absolute atomic E-state index is 0.478. The van der Waals surface area contributed by atoms with Gasteiger partial charge in [-0.15, -0.1) is 0 Å². The van der Waals surface area contributed by atoms with Crippen molar-refractivity contribution >= 4 is 49.3 Å². The molecule has 9 aromatic carbocycles. The number of fused-ring (bicyclic) bond motifs is 6. The molecule has 66 heavy (non-hydrogen) atoms. The lowest BCUT2D eigenvalue weighted by molar-refractivity contribution is 1.17. The van der Waals surface area contributed by atoms with Crippen molar-refractivity contribution in [3.8, 4) is 73.6 Å². The fraction of sp³-hybridized carbons (Fsp3) is 0. The van der Waals surface area contributed by atoms with Crippen LogP contribution in [0.4, 0.5) is 5.69 Å². The predicted octanol–water partition coefficient (Wildman–Crippen LogP) is 15.4. The molecule has 0 bridgehead atoms. The lowest BCUT2D eigenvalue weighted by Crippen LogP contribution is -1.96. The number of para-hydroxylation sites is 3. The molecule has 0 aliphatic rings. The second-order valence-electron chi connectivity index (χ2n) is 16.4. The van der Waals surface area contributed by atoms with Crippen LogP contribution in [0.5, 0.6) is 0 Å². The molecule has 0 atom stereocenters. The Morgan fingerprint density at radius 1 is 0.394 bits per heavy atom. The fourth-order valence-corrected chi connectivity index (χ4v) is 9.50. The zero-order valence-electron chi connectivity index (χ0n) is 35.5. The van der Waals surface area contributed by atoms with E-state index in [-0.39, 0.29) is 0 Å². The lowest BCUT2D eigenvalue weighted by Gasteiger charge is -2.13. The molecule has 0 aliphatic heterocycles. The number of nitrogens with zero attached hydrogens (tertiary/aromatic N) is 6. The Balaban J connectivity index is 0.890. The van der Waals surface area contributed by atoms with Gasteiger partial charge in [-0.25, -0.2) is 14.8 Å². The maximum absolute atomic E-state index is 10.5. The lowest BCUT2D eigenvalue weighted by atomic mass is 9.93. The minimum atomic E-state index is 0.478. The first-order chi connectivity index (χ1) is 32.6. The van der Waals surface area contributed by atoms with Gasteiger partial charge >= 0.3 is 0 Å². The Bertz CT molecular complexity index is 3810. The van der Waals surface area contributed by atoms with Gasteiger partial charge in [-0.2, -0.15) is 5.26 Å². The standard InChI is InChI=1S/C60H36N6/c1-62-55-36-50(39-24-26-42(27-25-39)54-37-53(41-14-4-2-5-15-41)63-60(64-54)43-16-6-3-7-17-43)44(38-61)34-51(55)40-28-30-45(31-29-40)65-58-23-13-10-20-49(58)52-35-46(32-33-59(52)65)66-56-21-11-8-18-47(56)48-19-9-12-22-57(48)66/h2-37H. The molecular weight excluding hydrogens is 805 g/mol. The molecule has 306 valence electrons. The summed E-state index contributed by atoms with van der Waals surface area (Å²) in [5.41, 5.74) is 15.3. The minimum Gasteiger partial charge on any atom is -0.309 e. The highest BCUT2D eigenvalue weighted by Gasteiger charge is 2.19. The van der Waals surface area contributed by atoms with Crippen molar-refractivity contribution in [2.75, 3.05) is 0 Å². The van der Waals surface area contributed by atoms with Crippen molar-refractivity contribution in [1.29, 1.82) is 5.26 Å². The van der Waals surface area contributed by atoms with Crippen molar-refractivity contribution in [1.82, 2.24) is 19.1 Å². The van der Waals surface area contributed by atoms with E-state index in [4.69, 9.17) is 16.5 Å². The third-order valence-corrected chi connectivity index (χ3v) is 12.6. The molecule has 0 N–H and O–H groups in total. The molecular formula is C60H36N6. The number of hydrogen-bond acceptors (Lipinski definition) is 3. The summed E-state index contributed by atoms with van der Waals surface area (Å²) in [7, 11) is 0. The highest BCUT2D eigenvalue weighted by atomic mass is 15.0. The molecule has 6 nitrogen and oxygen atoms in total. The van der Waals surface area contributed by atoms with Crippen LogP contribution in [0, 0.1) is 17.9 Å². The number of aromatic nitrogens is 4. The Morgan fingerprint density at radius 3 is 1.44 bits per heavy atom. The molecule has 0 spiro atoms. The van der Waals surface area contributed by atoms with Crippen LogP contribution in [0.2, 0.25) is 0 Å². The second kappa shape index (κ2) is 15.8. The van der Waals surface area contributed by atoms with Crippen LogP contribution in [0.15, 0.2) is 218 Å². The number of hydrogen-bond donors (Lipinski definition) is 0. The highest BCUT2D eigenvalue weighted by molar-refractivity contribution is 6.12. The number of benzene rings is 9. The molecule has 12 rings (SSSR count). The number of nitriles is 1. The van der Waals surface area contributed by atoms with Gasteiger partial charge < -0.3 is 9.13 Å². The average Bonchev–Trinajstić information content (AvgIpc) is 3.91. The molecule has 0 aliphatic carbocycles. The summed E-state index contributed by atoms with van der Waals surface area (Å²) in [6.07, 6.45) is 0. The molecule has 6 heteroatoms. The molecule has 3 heterocycles. The summed E-state index contributed by atoms with van der Waals surface area (Å²) in [4.78, 5) is 13.9. The van der Waals surface area contributed by atoms with Crippen LogP contribution in [0.25, 0.3) is 116 Å². The van der Waals surface area contributed by atoms with Gasteiger partial charge in [0.25, 0.3) is 0 Å². The SMILES string of the molecule is [C-]#[N+]c1cc(-c2ccc(-c3cc(-c4ccccc4)nc(-c4ccccc4)n3)cc2)c(C#N)cc1-c1ccc(-n2c3ccccc3c3cc(-n4c5ccccc5c5ccccc54)ccc32)cc1. The average molecular weight is 841 g/mol. The first-order valence-corrected chi connectivity index (χ1v) is 21.8. The van der Waals surface area contributed by atoms with Crippen LogP contribution in [-0.2, 0) is 0 Å². The van der Waals surface area contributed by atoms with Crippen LogP contribution >= 0.6 is 0 Å². The normalized spacial score (nSPS) is 11.3. The Labute approximate surface area is 381 Å². The van der Waals surface area contributed by atoms with E-state index < -0.39 is 0 Å². The second-order valence-corrected chi connectivity index (χ2v) is 16.4. The van der Waals surface area contributed by atoms with Crippen LogP contribution in [-0.4, -0.2) is 19.1 Å². The molecule has 0 unspecified atom stereocenters. The predicted molar refractivity (Wildman–Crippen MR) is 269 cm³/mol. The van der Waals surface area contributed by atoms with Crippen LogP contribution < -0.4 is 0 Å². The van der Waals surface area contributed by atoms with Gasteiger partial charge in [-0.1, -0.05) is 152 Å². The molecule has 0 saturated heterocycles. The monoisotopic (exact) mass is 840 g/mol. The third-order valence-electron chi connectivity index (χ3n) is 12.6. The molecule has 12 aromatic rings.